The predicted molar refractivity (Wildman–Crippen MR) is 103 cm³/mol. The van der Waals surface area contributed by atoms with E-state index >= 15 is 0 Å². The Hall–Kier alpha value is -2.76. The van der Waals surface area contributed by atoms with Crippen LogP contribution >= 0.6 is 0 Å². The number of carboxylic acids is 2. The topological polar surface area (TPSA) is 93.1 Å². The predicted octanol–water partition coefficient (Wildman–Crippen LogP) is 4.43. The summed E-state index contributed by atoms with van der Waals surface area (Å²) in [6.45, 7) is 7.43. The number of ether oxygens (including phenoxy) is 2. The Morgan fingerprint density at radius 1 is 1.11 bits per heavy atom. The SMILES string of the molecule is COc1cc(C(C)(C)CC(=O)O)c(C(=O)O)c2c(OC)c(C(C)C)ccc12. The van der Waals surface area contributed by atoms with Gasteiger partial charge in [0.25, 0.3) is 0 Å². The molecular formula is C21H26O6. The first-order valence-electron chi connectivity index (χ1n) is 8.72. The van der Waals surface area contributed by atoms with E-state index in [1.54, 1.807) is 19.9 Å². The maximum Gasteiger partial charge on any atom is 0.336 e. The van der Waals surface area contributed by atoms with Crippen LogP contribution in [0.3, 0.4) is 0 Å². The van der Waals surface area contributed by atoms with E-state index in [0.717, 1.165) is 5.56 Å². The van der Waals surface area contributed by atoms with Crippen molar-refractivity contribution in [1.82, 2.24) is 0 Å². The molecule has 0 amide bonds. The highest BCUT2D eigenvalue weighted by Gasteiger charge is 2.33. The number of aliphatic carboxylic acids is 1. The van der Waals surface area contributed by atoms with Crippen LogP contribution in [-0.4, -0.2) is 36.4 Å². The fraction of sp³-hybridized carbons (Fsp3) is 0.429. The Morgan fingerprint density at radius 3 is 2.19 bits per heavy atom. The van der Waals surface area contributed by atoms with E-state index in [1.165, 1.54) is 14.2 Å². The summed E-state index contributed by atoms with van der Waals surface area (Å²) in [5.74, 6) is -1.05. The first kappa shape index (κ1) is 20.6. The Kier molecular flexibility index (Phi) is 5.68. The molecule has 0 heterocycles. The highest BCUT2D eigenvalue weighted by atomic mass is 16.5. The number of hydrogen-bond acceptors (Lipinski definition) is 4. The van der Waals surface area contributed by atoms with Crippen molar-refractivity contribution < 1.29 is 29.3 Å². The Morgan fingerprint density at radius 2 is 1.74 bits per heavy atom. The van der Waals surface area contributed by atoms with Crippen LogP contribution in [0.5, 0.6) is 11.5 Å². The van der Waals surface area contributed by atoms with Crippen LogP contribution in [0, 0.1) is 0 Å². The van der Waals surface area contributed by atoms with E-state index in [4.69, 9.17) is 9.47 Å². The van der Waals surface area contributed by atoms with Gasteiger partial charge in [0.15, 0.2) is 0 Å². The summed E-state index contributed by atoms with van der Waals surface area (Å²) in [6.07, 6.45) is -0.214. The van der Waals surface area contributed by atoms with Crippen molar-refractivity contribution >= 4 is 22.7 Å². The second-order valence-electron chi connectivity index (χ2n) is 7.53. The Labute approximate surface area is 158 Å². The highest BCUT2D eigenvalue weighted by Crippen LogP contribution is 2.44. The zero-order valence-electron chi connectivity index (χ0n) is 16.5. The van der Waals surface area contributed by atoms with Crippen molar-refractivity contribution in [3.05, 3.63) is 34.9 Å². The quantitative estimate of drug-likeness (QED) is 0.745. The average Bonchev–Trinajstić information content (AvgIpc) is 2.57. The van der Waals surface area contributed by atoms with Crippen LogP contribution in [-0.2, 0) is 10.2 Å². The molecule has 27 heavy (non-hydrogen) atoms. The summed E-state index contributed by atoms with van der Waals surface area (Å²) < 4.78 is 11.1. The minimum Gasteiger partial charge on any atom is -0.496 e. The summed E-state index contributed by atoms with van der Waals surface area (Å²) in [5.41, 5.74) is 0.417. The van der Waals surface area contributed by atoms with Gasteiger partial charge in [-0.15, -0.1) is 0 Å². The Balaban J connectivity index is 3.07. The van der Waals surface area contributed by atoms with Crippen LogP contribution in [0.2, 0.25) is 0 Å². The first-order chi connectivity index (χ1) is 12.5. The van der Waals surface area contributed by atoms with E-state index in [9.17, 15) is 19.8 Å². The minimum absolute atomic E-state index is 0.0522. The van der Waals surface area contributed by atoms with Crippen molar-refractivity contribution in [3.63, 3.8) is 0 Å². The van der Waals surface area contributed by atoms with Crippen molar-refractivity contribution in [2.24, 2.45) is 0 Å². The van der Waals surface area contributed by atoms with Gasteiger partial charge in [0.05, 0.1) is 26.2 Å². The molecular weight excluding hydrogens is 348 g/mol. The van der Waals surface area contributed by atoms with Crippen LogP contribution in [0.25, 0.3) is 10.8 Å². The molecule has 2 N–H and O–H groups in total. The van der Waals surface area contributed by atoms with E-state index < -0.39 is 17.4 Å². The number of fused-ring (bicyclic) bond motifs is 1. The van der Waals surface area contributed by atoms with E-state index in [1.807, 2.05) is 26.0 Å². The van der Waals surface area contributed by atoms with E-state index in [-0.39, 0.29) is 17.9 Å². The third-order valence-corrected chi connectivity index (χ3v) is 4.83. The normalized spacial score (nSPS) is 11.7. The number of benzene rings is 2. The standard InChI is InChI=1S/C21H26O6/c1-11(2)12-7-8-13-15(26-5)9-14(21(3,4)10-16(22)23)18(20(24)25)17(13)19(12)27-6/h7-9,11H,10H2,1-6H3,(H,22,23)(H,24,25). The summed E-state index contributed by atoms with van der Waals surface area (Å²) in [6, 6.07) is 5.36. The molecule has 0 aliphatic rings. The monoisotopic (exact) mass is 374 g/mol. The summed E-state index contributed by atoms with van der Waals surface area (Å²) >= 11 is 0. The molecule has 2 aromatic carbocycles. The average molecular weight is 374 g/mol. The summed E-state index contributed by atoms with van der Waals surface area (Å²) in [5, 5.41) is 20.4. The Bertz CT molecular complexity index is 895. The van der Waals surface area contributed by atoms with Gasteiger partial charge in [-0.1, -0.05) is 39.8 Å². The molecule has 6 heteroatoms. The largest absolute Gasteiger partial charge is 0.496 e. The van der Waals surface area contributed by atoms with Gasteiger partial charge in [0.2, 0.25) is 0 Å². The van der Waals surface area contributed by atoms with Crippen molar-refractivity contribution in [3.8, 4) is 11.5 Å². The lowest BCUT2D eigenvalue weighted by Gasteiger charge is -2.28. The second-order valence-corrected chi connectivity index (χ2v) is 7.53. The smallest absolute Gasteiger partial charge is 0.336 e. The highest BCUT2D eigenvalue weighted by molar-refractivity contribution is 6.10. The molecule has 0 unspecified atom stereocenters. The van der Waals surface area contributed by atoms with Gasteiger partial charge in [0.1, 0.15) is 11.5 Å². The van der Waals surface area contributed by atoms with Gasteiger partial charge in [-0.2, -0.15) is 0 Å². The minimum atomic E-state index is -1.13. The van der Waals surface area contributed by atoms with Gasteiger partial charge in [-0.25, -0.2) is 4.79 Å². The van der Waals surface area contributed by atoms with Gasteiger partial charge in [0, 0.05) is 16.2 Å². The lowest BCUT2D eigenvalue weighted by Crippen LogP contribution is -2.25. The van der Waals surface area contributed by atoms with Crippen molar-refractivity contribution in [1.29, 1.82) is 0 Å². The van der Waals surface area contributed by atoms with Crippen LogP contribution in [0.1, 0.15) is 61.5 Å². The maximum atomic E-state index is 12.3. The lowest BCUT2D eigenvalue weighted by molar-refractivity contribution is -0.138. The molecule has 0 saturated heterocycles. The molecule has 2 aromatic rings. The van der Waals surface area contributed by atoms with Crippen LogP contribution in [0.4, 0.5) is 0 Å². The molecule has 0 bridgehead atoms. The van der Waals surface area contributed by atoms with Gasteiger partial charge in [-0.3, -0.25) is 4.79 Å². The molecule has 6 nitrogen and oxygen atoms in total. The number of carbonyl (C=O) groups is 2. The van der Waals surface area contributed by atoms with Crippen molar-refractivity contribution in [2.45, 2.75) is 45.4 Å². The number of aromatic carboxylic acids is 1. The molecule has 0 aliphatic carbocycles. The van der Waals surface area contributed by atoms with E-state index in [0.29, 0.717) is 27.8 Å². The molecule has 146 valence electrons. The molecule has 0 atom stereocenters. The lowest BCUT2D eigenvalue weighted by atomic mass is 9.77. The number of rotatable bonds is 7. The maximum absolute atomic E-state index is 12.3. The molecule has 0 aliphatic heterocycles. The molecule has 0 radical (unpaired) electrons. The summed E-state index contributed by atoms with van der Waals surface area (Å²) in [7, 11) is 3.01. The molecule has 2 rings (SSSR count). The van der Waals surface area contributed by atoms with Crippen molar-refractivity contribution in [2.75, 3.05) is 14.2 Å². The fourth-order valence-corrected chi connectivity index (χ4v) is 3.54. The van der Waals surface area contributed by atoms with Gasteiger partial charge in [-0.05, 0) is 23.1 Å². The van der Waals surface area contributed by atoms with Gasteiger partial charge >= 0.3 is 11.9 Å². The van der Waals surface area contributed by atoms with Gasteiger partial charge < -0.3 is 19.7 Å². The zero-order valence-corrected chi connectivity index (χ0v) is 16.5. The number of carboxylic acid groups (broad SMARTS) is 2. The fourth-order valence-electron chi connectivity index (χ4n) is 3.54. The molecule has 0 spiro atoms. The van der Waals surface area contributed by atoms with E-state index in [2.05, 4.69) is 0 Å². The third-order valence-electron chi connectivity index (χ3n) is 4.83. The number of methoxy groups -OCH3 is 2. The second kappa shape index (κ2) is 7.47. The number of hydrogen-bond donors (Lipinski definition) is 2. The zero-order chi connectivity index (χ0) is 20.5. The third kappa shape index (κ3) is 3.70. The van der Waals surface area contributed by atoms with Crippen LogP contribution in [0.15, 0.2) is 18.2 Å². The summed E-state index contributed by atoms with van der Waals surface area (Å²) in [4.78, 5) is 23.6. The first-order valence-corrected chi connectivity index (χ1v) is 8.72. The van der Waals surface area contributed by atoms with Crippen LogP contribution < -0.4 is 9.47 Å². The molecule has 0 saturated carbocycles. The molecule has 0 aromatic heterocycles. The molecule has 0 fully saturated rings.